The van der Waals surface area contributed by atoms with Crippen molar-refractivity contribution in [2.75, 3.05) is 19.7 Å². The topological polar surface area (TPSA) is 45.5 Å². The van der Waals surface area contributed by atoms with E-state index in [1.54, 1.807) is 28.4 Å². The number of rotatable bonds is 6. The normalized spacial score (nSPS) is 11.0. The van der Waals surface area contributed by atoms with Crippen LogP contribution in [0.1, 0.15) is 9.67 Å². The van der Waals surface area contributed by atoms with Crippen LogP contribution in [0, 0.1) is 0 Å². The molecular formula is C13H14F2N2O2S. The molecule has 2 aromatic heterocycles. The summed E-state index contributed by atoms with van der Waals surface area (Å²) in [4.78, 5) is 13.7. The zero-order valence-electron chi connectivity index (χ0n) is 10.6. The van der Waals surface area contributed by atoms with E-state index in [2.05, 4.69) is 0 Å². The quantitative estimate of drug-likeness (QED) is 0.889. The number of aliphatic hydroxyl groups excluding tert-OH is 1. The number of nitrogens with zero attached hydrogens (tertiary/aromatic N) is 2. The van der Waals surface area contributed by atoms with Gasteiger partial charge in [-0.05, 0) is 23.6 Å². The summed E-state index contributed by atoms with van der Waals surface area (Å²) in [5.41, 5.74) is 0.655. The predicted molar refractivity (Wildman–Crippen MR) is 72.6 cm³/mol. The van der Waals surface area contributed by atoms with E-state index in [1.807, 2.05) is 12.1 Å². The molecule has 0 fully saturated rings. The number of hydrogen-bond donors (Lipinski definition) is 1. The van der Waals surface area contributed by atoms with Gasteiger partial charge in [0.2, 0.25) is 0 Å². The second-order valence-corrected chi connectivity index (χ2v) is 5.01. The summed E-state index contributed by atoms with van der Waals surface area (Å²) in [6, 6.07) is 5.39. The highest BCUT2D eigenvalue weighted by atomic mass is 32.1. The Morgan fingerprint density at radius 3 is 2.70 bits per heavy atom. The molecule has 0 aliphatic heterocycles. The Balaban J connectivity index is 2.26. The minimum atomic E-state index is -2.62. The van der Waals surface area contributed by atoms with E-state index in [0.29, 0.717) is 10.6 Å². The number of alkyl halides is 2. The molecular weight excluding hydrogens is 286 g/mol. The molecule has 0 radical (unpaired) electrons. The lowest BCUT2D eigenvalue weighted by atomic mass is 10.3. The lowest BCUT2D eigenvalue weighted by Crippen LogP contribution is -2.37. The van der Waals surface area contributed by atoms with Gasteiger partial charge in [0.25, 0.3) is 12.3 Å². The van der Waals surface area contributed by atoms with Gasteiger partial charge in [-0.25, -0.2) is 8.78 Å². The molecule has 1 amide bonds. The number of thiophene rings is 1. The largest absolute Gasteiger partial charge is 0.395 e. The first-order valence-electron chi connectivity index (χ1n) is 6.02. The Kier molecular flexibility index (Phi) is 4.86. The fraction of sp³-hybridized carbons (Fsp3) is 0.308. The van der Waals surface area contributed by atoms with Gasteiger partial charge in [-0.15, -0.1) is 11.3 Å². The molecule has 0 aliphatic carbocycles. The molecule has 0 spiro atoms. The van der Waals surface area contributed by atoms with Gasteiger partial charge in [0, 0.05) is 18.9 Å². The molecule has 7 heteroatoms. The molecule has 0 bridgehead atoms. The number of aromatic nitrogens is 1. The molecule has 2 heterocycles. The Labute approximate surface area is 118 Å². The maximum atomic E-state index is 12.5. The zero-order chi connectivity index (χ0) is 14.5. The van der Waals surface area contributed by atoms with Crippen molar-refractivity contribution in [3.8, 4) is 5.69 Å². The maximum absolute atomic E-state index is 12.5. The molecule has 20 heavy (non-hydrogen) atoms. The molecule has 2 aromatic rings. The van der Waals surface area contributed by atoms with Gasteiger partial charge in [0.1, 0.15) is 4.88 Å². The van der Waals surface area contributed by atoms with Crippen molar-refractivity contribution in [3.63, 3.8) is 0 Å². The fourth-order valence-electron chi connectivity index (χ4n) is 1.87. The lowest BCUT2D eigenvalue weighted by molar-refractivity contribution is 0.0513. The average Bonchev–Trinajstić information content (AvgIpc) is 3.07. The Morgan fingerprint density at radius 1 is 1.40 bits per heavy atom. The second kappa shape index (κ2) is 6.62. The summed E-state index contributed by atoms with van der Waals surface area (Å²) < 4.78 is 26.8. The third-order valence-corrected chi connectivity index (χ3v) is 3.63. The molecule has 4 nitrogen and oxygen atoms in total. The minimum absolute atomic E-state index is 0.105. The number of amides is 1. The van der Waals surface area contributed by atoms with Crippen molar-refractivity contribution in [1.29, 1.82) is 0 Å². The summed E-state index contributed by atoms with van der Waals surface area (Å²) in [6.07, 6.45) is 0.936. The van der Waals surface area contributed by atoms with Crippen LogP contribution in [0.3, 0.4) is 0 Å². The average molecular weight is 300 g/mol. The molecule has 0 aromatic carbocycles. The van der Waals surface area contributed by atoms with E-state index < -0.39 is 18.9 Å². The molecule has 0 atom stereocenters. The summed E-state index contributed by atoms with van der Waals surface area (Å²) in [5, 5.41) is 10.6. The van der Waals surface area contributed by atoms with Gasteiger partial charge in [-0.2, -0.15) is 0 Å². The number of hydrogen-bond acceptors (Lipinski definition) is 3. The fourth-order valence-corrected chi connectivity index (χ4v) is 2.72. The van der Waals surface area contributed by atoms with Crippen LogP contribution < -0.4 is 0 Å². The Hall–Kier alpha value is -1.73. The smallest absolute Gasteiger partial charge is 0.266 e. The van der Waals surface area contributed by atoms with E-state index >= 15 is 0 Å². The Bertz CT molecular complexity index is 554. The van der Waals surface area contributed by atoms with Gasteiger partial charge in [0.05, 0.1) is 18.8 Å². The molecule has 0 aliphatic rings. The van der Waals surface area contributed by atoms with Crippen molar-refractivity contribution in [1.82, 2.24) is 9.47 Å². The van der Waals surface area contributed by atoms with Crippen LogP contribution in [-0.4, -0.2) is 46.6 Å². The van der Waals surface area contributed by atoms with Crippen LogP contribution in [-0.2, 0) is 0 Å². The minimum Gasteiger partial charge on any atom is -0.395 e. The highest BCUT2D eigenvalue weighted by molar-refractivity contribution is 7.12. The first-order valence-corrected chi connectivity index (χ1v) is 6.90. The summed E-state index contributed by atoms with van der Waals surface area (Å²) in [7, 11) is 0. The first kappa shape index (κ1) is 14.7. The van der Waals surface area contributed by atoms with Gasteiger partial charge in [0.15, 0.2) is 0 Å². The second-order valence-electron chi connectivity index (χ2n) is 4.09. The van der Waals surface area contributed by atoms with Gasteiger partial charge in [-0.1, -0.05) is 0 Å². The predicted octanol–water partition coefficient (Wildman–Crippen LogP) is 2.24. The third kappa shape index (κ3) is 3.23. The van der Waals surface area contributed by atoms with Gasteiger partial charge < -0.3 is 14.6 Å². The van der Waals surface area contributed by atoms with Crippen molar-refractivity contribution in [2.45, 2.75) is 6.43 Å². The lowest BCUT2D eigenvalue weighted by Gasteiger charge is -2.21. The van der Waals surface area contributed by atoms with Crippen LogP contribution in [0.2, 0.25) is 0 Å². The van der Waals surface area contributed by atoms with Crippen LogP contribution in [0.5, 0.6) is 0 Å². The van der Waals surface area contributed by atoms with Crippen LogP contribution >= 0.6 is 11.3 Å². The van der Waals surface area contributed by atoms with Crippen molar-refractivity contribution < 1.29 is 18.7 Å². The van der Waals surface area contributed by atoms with E-state index in [0.717, 1.165) is 4.90 Å². The number of carbonyl (C=O) groups is 1. The van der Waals surface area contributed by atoms with E-state index in [9.17, 15) is 13.6 Å². The zero-order valence-corrected chi connectivity index (χ0v) is 11.4. The number of carbonyl (C=O) groups excluding carboxylic acids is 1. The van der Waals surface area contributed by atoms with Crippen molar-refractivity contribution >= 4 is 17.2 Å². The molecule has 0 unspecified atom stereocenters. The summed E-state index contributed by atoms with van der Waals surface area (Å²) >= 11 is 1.20. The number of halogens is 2. The SMILES string of the molecule is O=C(c1sccc1-n1cccc1)N(CCO)CC(F)F. The highest BCUT2D eigenvalue weighted by Gasteiger charge is 2.23. The Morgan fingerprint density at radius 2 is 2.10 bits per heavy atom. The van der Waals surface area contributed by atoms with Crippen molar-refractivity contribution in [2.24, 2.45) is 0 Å². The third-order valence-electron chi connectivity index (χ3n) is 2.74. The van der Waals surface area contributed by atoms with E-state index in [1.165, 1.54) is 11.3 Å². The highest BCUT2D eigenvalue weighted by Crippen LogP contribution is 2.23. The molecule has 2 rings (SSSR count). The van der Waals surface area contributed by atoms with Crippen LogP contribution in [0.15, 0.2) is 36.0 Å². The van der Waals surface area contributed by atoms with Crippen LogP contribution in [0.25, 0.3) is 5.69 Å². The number of aliphatic hydroxyl groups is 1. The maximum Gasteiger partial charge on any atom is 0.266 e. The van der Waals surface area contributed by atoms with E-state index in [4.69, 9.17) is 5.11 Å². The van der Waals surface area contributed by atoms with Gasteiger partial charge in [-0.3, -0.25) is 4.79 Å². The standard InChI is InChI=1S/C13H14F2N2O2S/c14-11(15)9-17(6-7-18)13(19)12-10(3-8-20-12)16-4-1-2-5-16/h1-5,8,11,18H,6-7,9H2. The van der Waals surface area contributed by atoms with Crippen LogP contribution in [0.4, 0.5) is 8.78 Å². The molecule has 108 valence electrons. The summed E-state index contributed by atoms with van der Waals surface area (Å²) in [5.74, 6) is -0.488. The van der Waals surface area contributed by atoms with E-state index in [-0.39, 0.29) is 13.2 Å². The molecule has 1 N–H and O–H groups in total. The van der Waals surface area contributed by atoms with Crippen molar-refractivity contribution in [3.05, 3.63) is 40.8 Å². The first-order chi connectivity index (χ1) is 9.63. The molecule has 0 saturated carbocycles. The van der Waals surface area contributed by atoms with Gasteiger partial charge >= 0.3 is 0 Å². The molecule has 0 saturated heterocycles. The monoisotopic (exact) mass is 300 g/mol. The summed E-state index contributed by atoms with van der Waals surface area (Å²) in [6.45, 7) is -1.13.